The van der Waals surface area contributed by atoms with Crippen LogP contribution in [0.1, 0.15) is 19.4 Å². The second-order valence-corrected chi connectivity index (χ2v) is 5.23. The van der Waals surface area contributed by atoms with E-state index in [4.69, 9.17) is 14.2 Å². The number of amides is 2. The maximum atomic E-state index is 12.0. The fourth-order valence-electron chi connectivity index (χ4n) is 2.44. The molecule has 1 aliphatic heterocycles. The van der Waals surface area contributed by atoms with Crippen LogP contribution in [0.5, 0.6) is 11.5 Å². The summed E-state index contributed by atoms with van der Waals surface area (Å²) >= 11 is 0. The van der Waals surface area contributed by atoms with Gasteiger partial charge in [0.25, 0.3) is 0 Å². The van der Waals surface area contributed by atoms with Crippen LogP contribution in [0.3, 0.4) is 0 Å². The highest BCUT2D eigenvalue weighted by Crippen LogP contribution is 2.28. The van der Waals surface area contributed by atoms with Gasteiger partial charge in [0.2, 0.25) is 0 Å². The van der Waals surface area contributed by atoms with Gasteiger partial charge in [0.05, 0.1) is 26.4 Å². The molecule has 2 rings (SSSR count). The average molecular weight is 322 g/mol. The van der Waals surface area contributed by atoms with Crippen molar-refractivity contribution < 1.29 is 19.0 Å². The highest BCUT2D eigenvalue weighted by molar-refractivity contribution is 5.74. The first-order valence-electron chi connectivity index (χ1n) is 8.23. The molecule has 1 aliphatic rings. The van der Waals surface area contributed by atoms with Gasteiger partial charge in [0.1, 0.15) is 0 Å². The Bertz CT molecular complexity index is 501. The first-order chi connectivity index (χ1) is 11.2. The normalized spacial score (nSPS) is 14.4. The minimum Gasteiger partial charge on any atom is -0.490 e. The molecule has 0 aliphatic carbocycles. The van der Waals surface area contributed by atoms with E-state index in [0.717, 1.165) is 23.5 Å². The Balaban J connectivity index is 1.84. The molecule has 1 saturated heterocycles. The van der Waals surface area contributed by atoms with Crippen LogP contribution < -0.4 is 14.8 Å². The van der Waals surface area contributed by atoms with Crippen molar-refractivity contribution in [2.24, 2.45) is 0 Å². The van der Waals surface area contributed by atoms with Crippen LogP contribution in [-0.4, -0.2) is 57.0 Å². The van der Waals surface area contributed by atoms with E-state index in [1.807, 2.05) is 32.0 Å². The molecule has 1 N–H and O–H groups in total. The van der Waals surface area contributed by atoms with Crippen molar-refractivity contribution in [3.8, 4) is 11.5 Å². The highest BCUT2D eigenvalue weighted by atomic mass is 16.5. The molecule has 1 fully saturated rings. The standard InChI is InChI=1S/C17H26N2O4/c1-3-22-15-6-5-14(13-16(15)23-4-2)7-8-18-17(20)19-9-11-21-12-10-19/h5-6,13H,3-4,7-12H2,1-2H3,(H,18,20). The van der Waals surface area contributed by atoms with Gasteiger partial charge in [0.15, 0.2) is 11.5 Å². The lowest BCUT2D eigenvalue weighted by molar-refractivity contribution is 0.0533. The molecule has 0 aromatic heterocycles. The summed E-state index contributed by atoms with van der Waals surface area (Å²) in [6, 6.07) is 5.89. The summed E-state index contributed by atoms with van der Waals surface area (Å²) in [6.45, 7) is 8.23. The van der Waals surface area contributed by atoms with E-state index < -0.39 is 0 Å². The smallest absolute Gasteiger partial charge is 0.317 e. The number of nitrogens with one attached hydrogen (secondary N) is 1. The molecular formula is C17H26N2O4. The summed E-state index contributed by atoms with van der Waals surface area (Å²) in [6.07, 6.45) is 0.753. The van der Waals surface area contributed by atoms with Gasteiger partial charge in [0, 0.05) is 19.6 Å². The topological polar surface area (TPSA) is 60.0 Å². The van der Waals surface area contributed by atoms with Gasteiger partial charge in [-0.3, -0.25) is 0 Å². The Kier molecular flexibility index (Phi) is 7.00. The van der Waals surface area contributed by atoms with Crippen molar-refractivity contribution in [2.75, 3.05) is 46.1 Å². The summed E-state index contributed by atoms with van der Waals surface area (Å²) in [4.78, 5) is 13.8. The molecule has 0 saturated carbocycles. The van der Waals surface area contributed by atoms with Gasteiger partial charge in [-0.15, -0.1) is 0 Å². The van der Waals surface area contributed by atoms with Crippen LogP contribution in [-0.2, 0) is 11.2 Å². The van der Waals surface area contributed by atoms with Crippen molar-refractivity contribution in [3.63, 3.8) is 0 Å². The van der Waals surface area contributed by atoms with E-state index in [1.54, 1.807) is 4.90 Å². The van der Waals surface area contributed by atoms with Crippen molar-refractivity contribution in [2.45, 2.75) is 20.3 Å². The van der Waals surface area contributed by atoms with Crippen molar-refractivity contribution >= 4 is 6.03 Å². The van der Waals surface area contributed by atoms with Gasteiger partial charge in [-0.2, -0.15) is 0 Å². The molecule has 6 nitrogen and oxygen atoms in total. The number of ether oxygens (including phenoxy) is 3. The number of benzene rings is 1. The lowest BCUT2D eigenvalue weighted by Crippen LogP contribution is -2.46. The molecule has 1 aromatic carbocycles. The molecule has 1 heterocycles. The fraction of sp³-hybridized carbons (Fsp3) is 0.588. The first-order valence-corrected chi connectivity index (χ1v) is 8.23. The average Bonchev–Trinajstić information content (AvgIpc) is 2.58. The van der Waals surface area contributed by atoms with E-state index in [1.165, 1.54) is 0 Å². The Morgan fingerprint density at radius 1 is 1.17 bits per heavy atom. The maximum Gasteiger partial charge on any atom is 0.317 e. The molecule has 128 valence electrons. The van der Waals surface area contributed by atoms with Gasteiger partial charge in [-0.05, 0) is 38.0 Å². The number of hydrogen-bond donors (Lipinski definition) is 1. The summed E-state index contributed by atoms with van der Waals surface area (Å²) in [5.41, 5.74) is 1.11. The number of carbonyl (C=O) groups excluding carboxylic acids is 1. The molecule has 1 aromatic rings. The quantitative estimate of drug-likeness (QED) is 0.835. The van der Waals surface area contributed by atoms with Crippen molar-refractivity contribution in [1.29, 1.82) is 0 Å². The lowest BCUT2D eigenvalue weighted by atomic mass is 10.1. The van der Waals surface area contributed by atoms with Crippen LogP contribution in [0.4, 0.5) is 4.79 Å². The minimum atomic E-state index is -0.0238. The second kappa shape index (κ2) is 9.25. The number of carbonyl (C=O) groups is 1. The lowest BCUT2D eigenvalue weighted by Gasteiger charge is -2.26. The van der Waals surface area contributed by atoms with Crippen LogP contribution >= 0.6 is 0 Å². The minimum absolute atomic E-state index is 0.0238. The van der Waals surface area contributed by atoms with Gasteiger partial charge >= 0.3 is 6.03 Å². The van der Waals surface area contributed by atoms with E-state index in [-0.39, 0.29) is 6.03 Å². The summed E-state index contributed by atoms with van der Waals surface area (Å²) < 4.78 is 16.4. The molecule has 0 radical (unpaired) electrons. The molecular weight excluding hydrogens is 296 g/mol. The largest absolute Gasteiger partial charge is 0.490 e. The second-order valence-electron chi connectivity index (χ2n) is 5.23. The zero-order chi connectivity index (χ0) is 16.5. The first kappa shape index (κ1) is 17.4. The van der Waals surface area contributed by atoms with Crippen LogP contribution in [0.2, 0.25) is 0 Å². The predicted molar refractivity (Wildman–Crippen MR) is 88.3 cm³/mol. The molecule has 0 bridgehead atoms. The van der Waals surface area contributed by atoms with E-state index in [0.29, 0.717) is 46.1 Å². The fourth-order valence-corrected chi connectivity index (χ4v) is 2.44. The zero-order valence-corrected chi connectivity index (χ0v) is 14.0. The third-order valence-electron chi connectivity index (χ3n) is 3.60. The van der Waals surface area contributed by atoms with E-state index in [9.17, 15) is 4.79 Å². The van der Waals surface area contributed by atoms with Gasteiger partial charge < -0.3 is 24.4 Å². The molecule has 2 amide bonds. The Labute approximate surface area is 137 Å². The Morgan fingerprint density at radius 2 is 1.87 bits per heavy atom. The highest BCUT2D eigenvalue weighted by Gasteiger charge is 2.16. The molecule has 0 spiro atoms. The number of morpholine rings is 1. The van der Waals surface area contributed by atoms with E-state index >= 15 is 0 Å². The number of hydrogen-bond acceptors (Lipinski definition) is 4. The number of nitrogens with zero attached hydrogens (tertiary/aromatic N) is 1. The summed E-state index contributed by atoms with van der Waals surface area (Å²) in [7, 11) is 0. The van der Waals surface area contributed by atoms with E-state index in [2.05, 4.69) is 5.32 Å². The van der Waals surface area contributed by atoms with Gasteiger partial charge in [-0.1, -0.05) is 6.07 Å². The van der Waals surface area contributed by atoms with Crippen molar-refractivity contribution in [3.05, 3.63) is 23.8 Å². The SMILES string of the molecule is CCOc1ccc(CCNC(=O)N2CCOCC2)cc1OCC. The number of urea groups is 1. The predicted octanol–water partition coefficient (Wildman–Crippen LogP) is 2.07. The van der Waals surface area contributed by atoms with Gasteiger partial charge in [-0.25, -0.2) is 4.79 Å². The number of rotatable bonds is 7. The Morgan fingerprint density at radius 3 is 2.57 bits per heavy atom. The third-order valence-corrected chi connectivity index (χ3v) is 3.60. The molecule has 0 atom stereocenters. The monoisotopic (exact) mass is 322 g/mol. The molecule has 0 unspecified atom stereocenters. The van der Waals surface area contributed by atoms with Crippen LogP contribution in [0.25, 0.3) is 0 Å². The molecule has 23 heavy (non-hydrogen) atoms. The zero-order valence-electron chi connectivity index (χ0n) is 14.0. The van der Waals surface area contributed by atoms with Crippen LogP contribution in [0, 0.1) is 0 Å². The maximum absolute atomic E-state index is 12.0. The molecule has 6 heteroatoms. The van der Waals surface area contributed by atoms with Crippen LogP contribution in [0.15, 0.2) is 18.2 Å². The summed E-state index contributed by atoms with van der Waals surface area (Å²) in [5, 5.41) is 2.95. The third kappa shape index (κ3) is 5.32. The van der Waals surface area contributed by atoms with Crippen molar-refractivity contribution in [1.82, 2.24) is 10.2 Å². The Hall–Kier alpha value is -1.95. The summed E-state index contributed by atoms with van der Waals surface area (Å²) in [5.74, 6) is 1.52.